The first-order valence-electron chi connectivity index (χ1n) is 16.0. The Morgan fingerprint density at radius 3 is 1.82 bits per heavy atom. The van der Waals surface area contributed by atoms with E-state index in [0.29, 0.717) is 26.1 Å². The van der Waals surface area contributed by atoms with Gasteiger partial charge in [0.15, 0.2) is 0 Å². The van der Waals surface area contributed by atoms with Crippen LogP contribution in [0.4, 0.5) is 0 Å². The molecular formula is C36H53NO5SSi. The summed E-state index contributed by atoms with van der Waals surface area (Å²) in [6.45, 7) is 9.99. The second-order valence-electron chi connectivity index (χ2n) is 12.9. The second-order valence-corrected chi connectivity index (χ2v) is 18.8. The summed E-state index contributed by atoms with van der Waals surface area (Å²) in [5.74, 6) is 0. The van der Waals surface area contributed by atoms with Gasteiger partial charge in [0.2, 0.25) is 0 Å². The van der Waals surface area contributed by atoms with Crippen molar-refractivity contribution >= 4 is 28.8 Å². The molecule has 8 heteroatoms. The first kappa shape index (κ1) is 36.1. The van der Waals surface area contributed by atoms with Gasteiger partial charge in [0, 0.05) is 19.1 Å². The van der Waals surface area contributed by atoms with Gasteiger partial charge in [0.25, 0.3) is 18.4 Å². The van der Waals surface area contributed by atoms with Gasteiger partial charge in [-0.25, -0.2) is 0 Å². The van der Waals surface area contributed by atoms with Crippen molar-refractivity contribution in [1.29, 1.82) is 0 Å². The molecule has 0 aliphatic carbocycles. The zero-order valence-corrected chi connectivity index (χ0v) is 29.1. The molecule has 44 heavy (non-hydrogen) atoms. The van der Waals surface area contributed by atoms with Crippen molar-refractivity contribution in [3.63, 3.8) is 0 Å². The molecule has 0 saturated heterocycles. The molecule has 0 unspecified atom stereocenters. The van der Waals surface area contributed by atoms with Crippen LogP contribution >= 0.6 is 0 Å². The standard InChI is InChI=1S/C36H53NO5SSi/c1-6-17-32(40-29-30-18-10-7-11-19-30)28-33(42-43(5,38)39)21-16-20-31(37)26-27-41-44(36(2,3)4,34-22-12-8-13-23-34)35-24-14-9-15-25-35/h7-15,18-19,22-25,31-33H,6,16-17,20-21,26-29,37H2,1-5H3/t31-,32-,33-/m0/s1. The lowest BCUT2D eigenvalue weighted by Crippen LogP contribution is -2.66. The second kappa shape index (κ2) is 17.4. The molecule has 0 saturated carbocycles. The minimum atomic E-state index is -3.60. The Kier molecular flexibility index (Phi) is 14.3. The quantitative estimate of drug-likeness (QED) is 0.118. The number of ether oxygens (including phenoxy) is 1. The fourth-order valence-corrected chi connectivity index (χ4v) is 11.3. The molecule has 0 fully saturated rings. The van der Waals surface area contributed by atoms with Crippen molar-refractivity contribution in [2.45, 2.75) is 103 Å². The average molecular weight is 640 g/mol. The lowest BCUT2D eigenvalue weighted by atomic mass is 10.0. The van der Waals surface area contributed by atoms with E-state index in [1.54, 1.807) is 0 Å². The van der Waals surface area contributed by atoms with E-state index in [-0.39, 0.29) is 17.2 Å². The number of rotatable bonds is 19. The first-order chi connectivity index (χ1) is 20.9. The minimum Gasteiger partial charge on any atom is -0.407 e. The molecule has 0 spiro atoms. The highest BCUT2D eigenvalue weighted by Crippen LogP contribution is 2.37. The highest BCUT2D eigenvalue weighted by Gasteiger charge is 2.50. The molecule has 3 aromatic carbocycles. The summed E-state index contributed by atoms with van der Waals surface area (Å²) >= 11 is 0. The average Bonchev–Trinajstić information content (AvgIpc) is 2.98. The third-order valence-electron chi connectivity index (χ3n) is 8.10. The van der Waals surface area contributed by atoms with Crippen LogP contribution in [0.5, 0.6) is 0 Å². The Morgan fingerprint density at radius 2 is 1.32 bits per heavy atom. The molecule has 2 N–H and O–H groups in total. The molecule has 242 valence electrons. The van der Waals surface area contributed by atoms with Crippen LogP contribution < -0.4 is 16.1 Å². The molecule has 0 radical (unpaired) electrons. The number of hydrogen-bond donors (Lipinski definition) is 1. The van der Waals surface area contributed by atoms with Crippen molar-refractivity contribution in [3.8, 4) is 0 Å². The SMILES string of the molecule is CCC[C@@H](C[C@H](CCC[C@H](N)CCO[Si](c1ccccc1)(c1ccccc1)C(C)(C)C)OS(C)(=O)=O)OCc1ccccc1. The molecule has 0 bridgehead atoms. The highest BCUT2D eigenvalue weighted by molar-refractivity contribution is 7.86. The van der Waals surface area contributed by atoms with Crippen molar-refractivity contribution in [2.75, 3.05) is 12.9 Å². The monoisotopic (exact) mass is 639 g/mol. The molecule has 3 aromatic rings. The van der Waals surface area contributed by atoms with E-state index in [1.807, 2.05) is 42.5 Å². The van der Waals surface area contributed by atoms with Crippen molar-refractivity contribution in [2.24, 2.45) is 5.73 Å². The molecule has 0 aromatic heterocycles. The molecule has 0 heterocycles. The van der Waals surface area contributed by atoms with Gasteiger partial charge in [0.05, 0.1) is 25.1 Å². The number of hydrogen-bond acceptors (Lipinski definition) is 6. The van der Waals surface area contributed by atoms with Gasteiger partial charge in [-0.2, -0.15) is 8.42 Å². The lowest BCUT2D eigenvalue weighted by Gasteiger charge is -2.43. The van der Waals surface area contributed by atoms with Crippen LogP contribution in [0.1, 0.15) is 78.2 Å². The molecule has 3 atom stereocenters. The predicted octanol–water partition coefficient (Wildman–Crippen LogP) is 6.57. The molecular weight excluding hydrogens is 587 g/mol. The smallest absolute Gasteiger partial charge is 0.264 e. The Morgan fingerprint density at radius 1 is 0.773 bits per heavy atom. The van der Waals surface area contributed by atoms with Crippen molar-refractivity contribution in [1.82, 2.24) is 0 Å². The summed E-state index contributed by atoms with van der Waals surface area (Å²) < 4.78 is 43.0. The van der Waals surface area contributed by atoms with Crippen LogP contribution in [0.2, 0.25) is 5.04 Å². The Labute approximate surface area is 267 Å². The maximum Gasteiger partial charge on any atom is 0.264 e. The molecule has 3 rings (SSSR count). The molecule has 6 nitrogen and oxygen atoms in total. The number of nitrogens with two attached hydrogens (primary N) is 1. The van der Waals surface area contributed by atoms with E-state index < -0.39 is 24.5 Å². The minimum absolute atomic E-state index is 0.0622. The number of benzene rings is 3. The van der Waals surface area contributed by atoms with Gasteiger partial charge >= 0.3 is 0 Å². The topological polar surface area (TPSA) is 87.9 Å². The van der Waals surface area contributed by atoms with Crippen LogP contribution in [0.3, 0.4) is 0 Å². The normalized spacial score (nSPS) is 14.7. The van der Waals surface area contributed by atoms with Crippen LogP contribution in [0.15, 0.2) is 91.0 Å². The maximum atomic E-state index is 12.1. The Balaban J connectivity index is 1.60. The summed E-state index contributed by atoms with van der Waals surface area (Å²) in [7, 11) is -6.21. The maximum absolute atomic E-state index is 12.1. The van der Waals surface area contributed by atoms with Crippen LogP contribution in [-0.4, -0.2) is 47.8 Å². The van der Waals surface area contributed by atoms with Gasteiger partial charge in [-0.15, -0.1) is 0 Å². The van der Waals surface area contributed by atoms with Crippen LogP contribution in [-0.2, 0) is 30.1 Å². The van der Waals surface area contributed by atoms with E-state index >= 15 is 0 Å². The zero-order chi connectivity index (χ0) is 32.1. The third kappa shape index (κ3) is 11.2. The Bertz CT molecular complexity index is 1280. The van der Waals surface area contributed by atoms with Gasteiger partial charge < -0.3 is 14.9 Å². The van der Waals surface area contributed by atoms with Crippen LogP contribution in [0, 0.1) is 0 Å². The van der Waals surface area contributed by atoms with Crippen molar-refractivity contribution < 1.29 is 21.8 Å². The van der Waals surface area contributed by atoms with E-state index in [9.17, 15) is 8.42 Å². The summed E-state index contributed by atoms with van der Waals surface area (Å²) in [5.41, 5.74) is 7.71. The van der Waals surface area contributed by atoms with Crippen LogP contribution in [0.25, 0.3) is 0 Å². The Hall–Kier alpha value is -2.33. The molecule has 0 amide bonds. The van der Waals surface area contributed by atoms with Gasteiger partial charge in [-0.05, 0) is 53.1 Å². The van der Waals surface area contributed by atoms with E-state index in [0.717, 1.165) is 43.9 Å². The van der Waals surface area contributed by atoms with Gasteiger partial charge in [-0.1, -0.05) is 125 Å². The fourth-order valence-electron chi connectivity index (χ4n) is 6.00. The summed E-state index contributed by atoms with van der Waals surface area (Å²) in [5, 5.41) is 2.42. The first-order valence-corrected chi connectivity index (χ1v) is 19.7. The highest BCUT2D eigenvalue weighted by atomic mass is 32.2. The summed E-state index contributed by atoms with van der Waals surface area (Å²) in [4.78, 5) is 0. The molecule has 0 aliphatic rings. The zero-order valence-electron chi connectivity index (χ0n) is 27.3. The van der Waals surface area contributed by atoms with Crippen molar-refractivity contribution in [3.05, 3.63) is 96.6 Å². The fraction of sp³-hybridized carbons (Fsp3) is 0.500. The largest absolute Gasteiger partial charge is 0.407 e. The third-order valence-corrected chi connectivity index (χ3v) is 13.8. The molecule has 0 aliphatic heterocycles. The van der Waals surface area contributed by atoms with E-state index in [1.165, 1.54) is 10.4 Å². The summed E-state index contributed by atoms with van der Waals surface area (Å²) in [6.07, 6.45) is 5.75. The van der Waals surface area contributed by atoms with Gasteiger partial charge in [0.1, 0.15) is 0 Å². The van der Waals surface area contributed by atoms with E-state index in [4.69, 9.17) is 19.1 Å². The van der Waals surface area contributed by atoms with E-state index in [2.05, 4.69) is 76.2 Å². The van der Waals surface area contributed by atoms with Gasteiger partial charge in [-0.3, -0.25) is 4.18 Å². The predicted molar refractivity (Wildman–Crippen MR) is 184 cm³/mol. The lowest BCUT2D eigenvalue weighted by molar-refractivity contribution is 0.00374. The summed E-state index contributed by atoms with van der Waals surface area (Å²) in [6, 6.07) is 31.2.